The second kappa shape index (κ2) is 5.88. The highest BCUT2D eigenvalue weighted by atomic mass is 15.2. The predicted octanol–water partition coefficient (Wildman–Crippen LogP) is 0.000000000000000222. The summed E-state index contributed by atoms with van der Waals surface area (Å²) in [4.78, 5) is 14.4. The molecule has 0 aromatic carbocycles. The van der Waals surface area contributed by atoms with Gasteiger partial charge < -0.3 is 16.8 Å². The van der Waals surface area contributed by atoms with Crippen molar-refractivity contribution in [3.05, 3.63) is 5.82 Å². The number of nitrogen functional groups attached to an aromatic ring is 2. The maximum Gasteiger partial charge on any atom is 0.225 e. The largest absolute Gasteiger partial charge is 0.368 e. The number of aromatic nitrogens is 3. The summed E-state index contributed by atoms with van der Waals surface area (Å²) in [5.41, 5.74) is 11.2. The molecule has 2 heterocycles. The van der Waals surface area contributed by atoms with Crippen LogP contribution in [-0.2, 0) is 6.54 Å². The molecule has 1 aromatic rings. The molecule has 2 aliphatic rings. The Kier molecular flexibility index (Phi) is 3.98. The predicted molar refractivity (Wildman–Crippen MR) is 77.7 cm³/mol. The second-order valence-electron chi connectivity index (χ2n) is 5.87. The molecular weight excluding hydrogens is 254 g/mol. The van der Waals surface area contributed by atoms with E-state index in [4.69, 9.17) is 11.5 Å². The van der Waals surface area contributed by atoms with Gasteiger partial charge in [0.05, 0.1) is 6.54 Å². The van der Waals surface area contributed by atoms with Gasteiger partial charge in [-0.2, -0.15) is 15.0 Å². The molecule has 5 N–H and O–H groups in total. The Morgan fingerprint density at radius 1 is 1.00 bits per heavy atom. The molecule has 110 valence electrons. The number of likely N-dealkylation sites (tertiary alicyclic amines) is 1. The first-order valence-electron chi connectivity index (χ1n) is 7.40. The van der Waals surface area contributed by atoms with E-state index in [9.17, 15) is 0 Å². The van der Waals surface area contributed by atoms with Crippen molar-refractivity contribution < 1.29 is 0 Å². The van der Waals surface area contributed by atoms with Crippen molar-refractivity contribution in [2.45, 2.75) is 38.3 Å². The van der Waals surface area contributed by atoms with Crippen LogP contribution in [0.25, 0.3) is 0 Å². The average molecular weight is 277 g/mol. The topological polar surface area (TPSA) is 106 Å². The van der Waals surface area contributed by atoms with Gasteiger partial charge >= 0.3 is 0 Å². The van der Waals surface area contributed by atoms with Gasteiger partial charge in [-0.05, 0) is 38.1 Å². The van der Waals surface area contributed by atoms with Gasteiger partial charge in [-0.3, -0.25) is 4.90 Å². The Bertz CT molecular complexity index is 432. The van der Waals surface area contributed by atoms with Crippen molar-refractivity contribution in [3.63, 3.8) is 0 Å². The van der Waals surface area contributed by atoms with Crippen LogP contribution in [0.1, 0.15) is 31.5 Å². The zero-order valence-electron chi connectivity index (χ0n) is 11.8. The van der Waals surface area contributed by atoms with Crippen molar-refractivity contribution in [2.75, 3.05) is 31.1 Å². The normalized spacial score (nSPS) is 21.2. The fraction of sp³-hybridized carbons (Fsp3) is 0.769. The van der Waals surface area contributed by atoms with Gasteiger partial charge in [0.15, 0.2) is 0 Å². The van der Waals surface area contributed by atoms with Gasteiger partial charge in [0.1, 0.15) is 5.82 Å². The summed E-state index contributed by atoms with van der Waals surface area (Å²) in [5.74, 6) is 2.02. The van der Waals surface area contributed by atoms with Crippen molar-refractivity contribution in [3.8, 4) is 0 Å². The minimum Gasteiger partial charge on any atom is -0.368 e. The molecule has 3 rings (SSSR count). The summed E-state index contributed by atoms with van der Waals surface area (Å²) in [7, 11) is 0. The van der Waals surface area contributed by atoms with Gasteiger partial charge in [0, 0.05) is 19.1 Å². The molecule has 0 atom stereocenters. The fourth-order valence-corrected chi connectivity index (χ4v) is 2.68. The van der Waals surface area contributed by atoms with Crippen LogP contribution < -0.4 is 16.8 Å². The van der Waals surface area contributed by atoms with Gasteiger partial charge in [0.25, 0.3) is 0 Å². The zero-order valence-corrected chi connectivity index (χ0v) is 11.8. The Labute approximate surface area is 119 Å². The number of rotatable bonds is 5. The van der Waals surface area contributed by atoms with E-state index >= 15 is 0 Å². The number of piperidine rings is 1. The Balaban J connectivity index is 1.45. The van der Waals surface area contributed by atoms with Crippen LogP contribution in [0.3, 0.4) is 0 Å². The standard InChI is InChI=1S/C13H23N7/c14-12-17-11(18-13(15)19-12)8-20-5-3-10(4-6-20)16-7-9-1-2-9/h9-10,16H,1-8H2,(H4,14,15,17,18,19). The molecule has 0 radical (unpaired) electrons. The summed E-state index contributed by atoms with van der Waals surface area (Å²) in [6, 6.07) is 0.667. The van der Waals surface area contributed by atoms with E-state index in [1.165, 1.54) is 32.2 Å². The molecule has 7 heteroatoms. The Morgan fingerprint density at radius 3 is 2.25 bits per heavy atom. The third-order valence-corrected chi connectivity index (χ3v) is 4.06. The number of nitrogens with two attached hydrogens (primary N) is 2. The Morgan fingerprint density at radius 2 is 1.65 bits per heavy atom. The molecule has 1 aliphatic heterocycles. The molecule has 2 fully saturated rings. The van der Waals surface area contributed by atoms with Crippen molar-refractivity contribution in [1.82, 2.24) is 25.2 Å². The number of hydrogen-bond donors (Lipinski definition) is 3. The molecular formula is C13H23N7. The highest BCUT2D eigenvalue weighted by Gasteiger charge is 2.24. The molecule has 20 heavy (non-hydrogen) atoms. The maximum atomic E-state index is 5.59. The smallest absolute Gasteiger partial charge is 0.225 e. The molecule has 1 aromatic heterocycles. The van der Waals surface area contributed by atoms with Crippen LogP contribution in [0.4, 0.5) is 11.9 Å². The summed E-state index contributed by atoms with van der Waals surface area (Å²) >= 11 is 0. The van der Waals surface area contributed by atoms with E-state index < -0.39 is 0 Å². The van der Waals surface area contributed by atoms with E-state index in [0.717, 1.165) is 19.0 Å². The molecule has 0 bridgehead atoms. The first kappa shape index (κ1) is 13.5. The lowest BCUT2D eigenvalue weighted by atomic mass is 10.0. The lowest BCUT2D eigenvalue weighted by Crippen LogP contribution is -2.43. The molecule has 1 saturated carbocycles. The third-order valence-electron chi connectivity index (χ3n) is 4.06. The SMILES string of the molecule is Nc1nc(N)nc(CN2CCC(NCC3CC3)CC2)n1. The summed E-state index contributed by atoms with van der Waals surface area (Å²) in [5, 5.41) is 3.68. The monoisotopic (exact) mass is 277 g/mol. The number of nitrogens with zero attached hydrogens (tertiary/aromatic N) is 4. The third kappa shape index (κ3) is 3.77. The summed E-state index contributed by atoms with van der Waals surface area (Å²) in [6.07, 6.45) is 5.19. The van der Waals surface area contributed by atoms with Gasteiger partial charge in [-0.1, -0.05) is 0 Å². The lowest BCUT2D eigenvalue weighted by Gasteiger charge is -2.32. The molecule has 1 aliphatic carbocycles. The van der Waals surface area contributed by atoms with Crippen LogP contribution in [0.15, 0.2) is 0 Å². The number of nitrogens with one attached hydrogen (secondary N) is 1. The first-order chi connectivity index (χ1) is 9.69. The molecule has 0 spiro atoms. The summed E-state index contributed by atoms with van der Waals surface area (Å²) in [6.45, 7) is 4.03. The summed E-state index contributed by atoms with van der Waals surface area (Å²) < 4.78 is 0. The zero-order chi connectivity index (χ0) is 13.9. The van der Waals surface area contributed by atoms with E-state index in [1.54, 1.807) is 0 Å². The quantitative estimate of drug-likeness (QED) is 0.695. The van der Waals surface area contributed by atoms with Crippen molar-refractivity contribution in [1.29, 1.82) is 0 Å². The van der Waals surface area contributed by atoms with Gasteiger partial charge in [0.2, 0.25) is 11.9 Å². The van der Waals surface area contributed by atoms with Crippen LogP contribution in [0.2, 0.25) is 0 Å². The van der Waals surface area contributed by atoms with E-state index in [2.05, 4.69) is 25.2 Å². The number of anilines is 2. The van der Waals surface area contributed by atoms with Crippen LogP contribution >= 0.6 is 0 Å². The minimum atomic E-state index is 0.202. The number of hydrogen-bond acceptors (Lipinski definition) is 7. The molecule has 0 amide bonds. The molecule has 1 saturated heterocycles. The van der Waals surface area contributed by atoms with Gasteiger partial charge in [-0.15, -0.1) is 0 Å². The van der Waals surface area contributed by atoms with Crippen LogP contribution in [-0.4, -0.2) is 45.5 Å². The van der Waals surface area contributed by atoms with Crippen molar-refractivity contribution in [2.24, 2.45) is 5.92 Å². The molecule has 0 unspecified atom stereocenters. The van der Waals surface area contributed by atoms with Gasteiger partial charge in [-0.25, -0.2) is 0 Å². The maximum absolute atomic E-state index is 5.59. The second-order valence-corrected chi connectivity index (χ2v) is 5.87. The van der Waals surface area contributed by atoms with E-state index in [0.29, 0.717) is 18.4 Å². The van der Waals surface area contributed by atoms with E-state index in [-0.39, 0.29) is 11.9 Å². The van der Waals surface area contributed by atoms with E-state index in [1.807, 2.05) is 0 Å². The Hall–Kier alpha value is -1.47. The highest BCUT2D eigenvalue weighted by Crippen LogP contribution is 2.28. The first-order valence-corrected chi connectivity index (χ1v) is 7.40. The lowest BCUT2D eigenvalue weighted by molar-refractivity contribution is 0.186. The van der Waals surface area contributed by atoms with Crippen molar-refractivity contribution >= 4 is 11.9 Å². The molecule has 7 nitrogen and oxygen atoms in total. The minimum absolute atomic E-state index is 0.202. The fourth-order valence-electron chi connectivity index (χ4n) is 2.68. The van der Waals surface area contributed by atoms with Crippen LogP contribution in [0, 0.1) is 5.92 Å². The van der Waals surface area contributed by atoms with Crippen LogP contribution in [0.5, 0.6) is 0 Å². The highest BCUT2D eigenvalue weighted by molar-refractivity contribution is 5.25. The average Bonchev–Trinajstić information content (AvgIpc) is 3.21.